The maximum Gasteiger partial charge on any atom is 0.331 e. The highest BCUT2D eigenvalue weighted by Gasteiger charge is 2.09. The van der Waals surface area contributed by atoms with Crippen LogP contribution in [0.2, 0.25) is 0 Å². The second-order valence-corrected chi connectivity index (χ2v) is 5.22. The Kier molecular flexibility index (Phi) is 8.83. The van der Waals surface area contributed by atoms with E-state index in [0.29, 0.717) is 0 Å². The average Bonchev–Trinajstić information content (AvgIpc) is 2.39. The number of esters is 2. The molecule has 2 unspecified atom stereocenters. The van der Waals surface area contributed by atoms with Gasteiger partial charge in [0.05, 0.1) is 0 Å². The maximum atomic E-state index is 11.4. The van der Waals surface area contributed by atoms with Gasteiger partial charge in [0.15, 0.2) is 0 Å². The first-order valence-electron chi connectivity index (χ1n) is 6.58. The molecule has 0 rings (SSSR count). The van der Waals surface area contributed by atoms with E-state index in [0.717, 1.165) is 12.2 Å². The van der Waals surface area contributed by atoms with Crippen LogP contribution in [0.25, 0.3) is 0 Å². The SMILES string of the molecule is CC(COC(=O)/C=C/C(=O)OCC(C)N(C)C)N(C)C. The van der Waals surface area contributed by atoms with Crippen molar-refractivity contribution in [2.75, 3.05) is 41.4 Å². The van der Waals surface area contributed by atoms with Gasteiger partial charge in [-0.25, -0.2) is 9.59 Å². The minimum atomic E-state index is -0.545. The number of carbonyl (C=O) groups is 2. The van der Waals surface area contributed by atoms with Gasteiger partial charge in [-0.2, -0.15) is 0 Å². The predicted octanol–water partition coefficient (Wildman–Crippen LogP) is 0.529. The normalized spacial score (nSPS) is 14.6. The molecule has 0 amide bonds. The van der Waals surface area contributed by atoms with Gasteiger partial charge in [0, 0.05) is 24.2 Å². The summed E-state index contributed by atoms with van der Waals surface area (Å²) >= 11 is 0. The van der Waals surface area contributed by atoms with Gasteiger partial charge in [0.2, 0.25) is 0 Å². The molecule has 6 nitrogen and oxygen atoms in total. The van der Waals surface area contributed by atoms with Crippen molar-refractivity contribution in [2.45, 2.75) is 25.9 Å². The molecule has 0 bridgehead atoms. The van der Waals surface area contributed by atoms with Gasteiger partial charge in [0.25, 0.3) is 0 Å². The lowest BCUT2D eigenvalue weighted by Crippen LogP contribution is -2.30. The van der Waals surface area contributed by atoms with Gasteiger partial charge < -0.3 is 19.3 Å². The molecule has 0 fully saturated rings. The fourth-order valence-corrected chi connectivity index (χ4v) is 0.936. The van der Waals surface area contributed by atoms with Crippen LogP contribution in [0.5, 0.6) is 0 Å². The number of hydrogen-bond donors (Lipinski definition) is 0. The summed E-state index contributed by atoms with van der Waals surface area (Å²) in [6, 6.07) is 0.250. The quantitative estimate of drug-likeness (QED) is 0.479. The summed E-state index contributed by atoms with van der Waals surface area (Å²) in [5.74, 6) is -1.09. The minimum absolute atomic E-state index is 0.125. The summed E-state index contributed by atoms with van der Waals surface area (Å²) in [5, 5.41) is 0. The van der Waals surface area contributed by atoms with Crippen molar-refractivity contribution in [3.8, 4) is 0 Å². The van der Waals surface area contributed by atoms with Gasteiger partial charge in [-0.05, 0) is 42.0 Å². The molecule has 0 aliphatic heterocycles. The van der Waals surface area contributed by atoms with Crippen molar-refractivity contribution in [1.29, 1.82) is 0 Å². The van der Waals surface area contributed by atoms with E-state index in [9.17, 15) is 9.59 Å². The summed E-state index contributed by atoms with van der Waals surface area (Å²) < 4.78 is 9.99. The third kappa shape index (κ3) is 8.66. The molecule has 0 spiro atoms. The van der Waals surface area contributed by atoms with E-state index in [1.807, 2.05) is 51.8 Å². The Hall–Kier alpha value is -1.40. The van der Waals surface area contributed by atoms with Crippen molar-refractivity contribution >= 4 is 11.9 Å². The number of likely N-dealkylation sites (N-methyl/N-ethyl adjacent to an activating group) is 2. The number of rotatable bonds is 8. The van der Waals surface area contributed by atoms with Crippen LogP contribution in [0, 0.1) is 0 Å². The van der Waals surface area contributed by atoms with Gasteiger partial charge >= 0.3 is 11.9 Å². The Morgan fingerprint density at radius 2 is 1.15 bits per heavy atom. The van der Waals surface area contributed by atoms with E-state index in [2.05, 4.69) is 0 Å². The van der Waals surface area contributed by atoms with Crippen molar-refractivity contribution in [3.05, 3.63) is 12.2 Å². The second kappa shape index (κ2) is 9.50. The van der Waals surface area contributed by atoms with Gasteiger partial charge in [0.1, 0.15) is 13.2 Å². The zero-order chi connectivity index (χ0) is 15.7. The van der Waals surface area contributed by atoms with Crippen LogP contribution in [0.3, 0.4) is 0 Å². The Morgan fingerprint density at radius 1 is 0.850 bits per heavy atom. The van der Waals surface area contributed by atoms with E-state index in [4.69, 9.17) is 9.47 Å². The van der Waals surface area contributed by atoms with Gasteiger partial charge in [-0.15, -0.1) is 0 Å². The lowest BCUT2D eigenvalue weighted by atomic mass is 10.3. The molecule has 0 aromatic rings. The van der Waals surface area contributed by atoms with Crippen molar-refractivity contribution < 1.29 is 19.1 Å². The Balaban J connectivity index is 3.97. The molecule has 2 atom stereocenters. The summed E-state index contributed by atoms with van der Waals surface area (Å²) in [4.78, 5) is 26.6. The molecule has 0 heterocycles. The number of carbonyl (C=O) groups excluding carboxylic acids is 2. The molecule has 0 saturated heterocycles. The molecular weight excluding hydrogens is 260 g/mol. The summed E-state index contributed by atoms with van der Waals surface area (Å²) in [7, 11) is 7.60. The summed E-state index contributed by atoms with van der Waals surface area (Å²) in [6.07, 6.45) is 2.18. The summed E-state index contributed by atoms with van der Waals surface area (Å²) in [5.41, 5.74) is 0. The molecule has 0 radical (unpaired) electrons. The maximum absolute atomic E-state index is 11.4. The molecule has 0 aromatic heterocycles. The molecular formula is C14H26N2O4. The van der Waals surface area contributed by atoms with E-state index in [1.54, 1.807) is 0 Å². The highest BCUT2D eigenvalue weighted by molar-refractivity contribution is 5.91. The van der Waals surface area contributed by atoms with E-state index < -0.39 is 11.9 Å². The zero-order valence-corrected chi connectivity index (χ0v) is 13.3. The standard InChI is InChI=1S/C14H26N2O4/c1-11(15(3)4)9-19-13(17)7-8-14(18)20-10-12(2)16(5)6/h7-8,11-12H,9-10H2,1-6H3/b8-7+. The molecule has 20 heavy (non-hydrogen) atoms. The van der Waals surface area contributed by atoms with Crippen LogP contribution in [0.1, 0.15) is 13.8 Å². The minimum Gasteiger partial charge on any atom is -0.461 e. The fourth-order valence-electron chi connectivity index (χ4n) is 0.936. The first-order chi connectivity index (χ1) is 9.23. The number of ether oxygens (including phenoxy) is 2. The molecule has 0 aliphatic rings. The second-order valence-electron chi connectivity index (χ2n) is 5.22. The molecule has 0 aromatic carbocycles. The van der Waals surface area contributed by atoms with Crippen LogP contribution in [0.4, 0.5) is 0 Å². The molecule has 6 heteroatoms. The first-order valence-corrected chi connectivity index (χ1v) is 6.58. The van der Waals surface area contributed by atoms with Gasteiger partial charge in [-0.3, -0.25) is 0 Å². The summed E-state index contributed by atoms with van der Waals surface area (Å²) in [6.45, 7) is 4.44. The van der Waals surface area contributed by atoms with E-state index in [1.165, 1.54) is 0 Å². The van der Waals surface area contributed by atoms with Crippen LogP contribution in [-0.4, -0.2) is 75.2 Å². The Bertz CT molecular complexity index is 308. The fraction of sp³-hybridized carbons (Fsp3) is 0.714. The van der Waals surface area contributed by atoms with Crippen LogP contribution >= 0.6 is 0 Å². The lowest BCUT2D eigenvalue weighted by Gasteiger charge is -2.19. The van der Waals surface area contributed by atoms with Crippen LogP contribution in [0.15, 0.2) is 12.2 Å². The molecule has 116 valence electrons. The Morgan fingerprint density at radius 3 is 1.40 bits per heavy atom. The van der Waals surface area contributed by atoms with Crippen molar-refractivity contribution in [2.24, 2.45) is 0 Å². The lowest BCUT2D eigenvalue weighted by molar-refractivity contribution is -0.141. The first kappa shape index (κ1) is 18.6. The largest absolute Gasteiger partial charge is 0.461 e. The number of nitrogens with zero attached hydrogens (tertiary/aromatic N) is 2. The molecule has 0 aliphatic carbocycles. The van der Waals surface area contributed by atoms with E-state index in [-0.39, 0.29) is 25.3 Å². The highest BCUT2D eigenvalue weighted by Crippen LogP contribution is 1.95. The van der Waals surface area contributed by atoms with Crippen molar-refractivity contribution in [3.63, 3.8) is 0 Å². The smallest absolute Gasteiger partial charge is 0.331 e. The van der Waals surface area contributed by atoms with Crippen LogP contribution in [-0.2, 0) is 19.1 Å². The van der Waals surface area contributed by atoms with Gasteiger partial charge in [-0.1, -0.05) is 0 Å². The predicted molar refractivity (Wildman–Crippen MR) is 77.4 cm³/mol. The highest BCUT2D eigenvalue weighted by atomic mass is 16.5. The average molecular weight is 286 g/mol. The monoisotopic (exact) mass is 286 g/mol. The van der Waals surface area contributed by atoms with E-state index >= 15 is 0 Å². The number of hydrogen-bond acceptors (Lipinski definition) is 6. The molecule has 0 saturated carbocycles. The van der Waals surface area contributed by atoms with Crippen LogP contribution < -0.4 is 0 Å². The Labute approximate surface area is 121 Å². The molecule has 0 N–H and O–H groups in total. The van der Waals surface area contributed by atoms with Crippen molar-refractivity contribution in [1.82, 2.24) is 9.80 Å². The third-order valence-electron chi connectivity index (χ3n) is 3.05. The topological polar surface area (TPSA) is 59.1 Å². The zero-order valence-electron chi connectivity index (χ0n) is 13.3. The third-order valence-corrected chi connectivity index (χ3v) is 3.05.